The van der Waals surface area contributed by atoms with Crippen molar-refractivity contribution in [1.29, 1.82) is 0 Å². The van der Waals surface area contributed by atoms with E-state index in [9.17, 15) is 9.59 Å². The lowest BCUT2D eigenvalue weighted by atomic mass is 9.92. The standard InChI is InChI=1S/C15H20N2O3S/c1-2-20-15(19)13-16-11(9-21-13)14(18)17-8-4-6-10-5-3-7-12(10)17/h9-10,12H,2-8H2,1H3. The summed E-state index contributed by atoms with van der Waals surface area (Å²) in [6.07, 6.45) is 5.86. The van der Waals surface area contributed by atoms with Crippen LogP contribution in [0.5, 0.6) is 0 Å². The molecule has 2 fully saturated rings. The van der Waals surface area contributed by atoms with Gasteiger partial charge in [-0.05, 0) is 38.5 Å². The average Bonchev–Trinajstić information content (AvgIpc) is 3.15. The van der Waals surface area contributed by atoms with Crippen LogP contribution in [0.4, 0.5) is 0 Å². The third kappa shape index (κ3) is 2.81. The number of hydrogen-bond acceptors (Lipinski definition) is 5. The molecule has 2 heterocycles. The van der Waals surface area contributed by atoms with E-state index in [1.807, 2.05) is 4.90 Å². The molecular formula is C15H20N2O3S. The zero-order valence-electron chi connectivity index (χ0n) is 12.2. The van der Waals surface area contributed by atoms with Crippen molar-refractivity contribution in [3.05, 3.63) is 16.1 Å². The monoisotopic (exact) mass is 308 g/mol. The molecule has 0 aromatic carbocycles. The molecule has 5 nitrogen and oxygen atoms in total. The molecule has 1 aromatic rings. The van der Waals surface area contributed by atoms with Gasteiger partial charge >= 0.3 is 5.97 Å². The molecule has 21 heavy (non-hydrogen) atoms. The predicted molar refractivity (Wildman–Crippen MR) is 79.5 cm³/mol. The molecule has 1 aromatic heterocycles. The first-order valence-corrected chi connectivity index (χ1v) is 8.52. The summed E-state index contributed by atoms with van der Waals surface area (Å²) in [4.78, 5) is 30.4. The Labute approximate surface area is 128 Å². The van der Waals surface area contributed by atoms with Crippen LogP contribution in [0.3, 0.4) is 0 Å². The maximum absolute atomic E-state index is 12.7. The van der Waals surface area contributed by atoms with E-state index in [1.54, 1.807) is 12.3 Å². The number of aromatic nitrogens is 1. The Balaban J connectivity index is 1.74. The van der Waals surface area contributed by atoms with Gasteiger partial charge in [0.1, 0.15) is 5.69 Å². The Hall–Kier alpha value is -1.43. The van der Waals surface area contributed by atoms with Crippen LogP contribution in [0, 0.1) is 5.92 Å². The van der Waals surface area contributed by atoms with Gasteiger partial charge in [0.25, 0.3) is 5.91 Å². The fourth-order valence-corrected chi connectivity index (χ4v) is 4.19. The summed E-state index contributed by atoms with van der Waals surface area (Å²) < 4.78 is 4.92. The zero-order valence-corrected chi connectivity index (χ0v) is 13.0. The van der Waals surface area contributed by atoms with Crippen LogP contribution in [0.15, 0.2) is 5.38 Å². The van der Waals surface area contributed by atoms with Crippen molar-refractivity contribution in [3.63, 3.8) is 0 Å². The lowest BCUT2D eigenvalue weighted by Gasteiger charge is -2.37. The number of rotatable bonds is 3. The molecule has 1 saturated carbocycles. The number of amides is 1. The molecule has 0 radical (unpaired) electrons. The van der Waals surface area contributed by atoms with Gasteiger partial charge < -0.3 is 9.64 Å². The number of piperidine rings is 1. The molecule has 1 aliphatic carbocycles. The molecule has 2 aliphatic rings. The van der Waals surface area contributed by atoms with Gasteiger partial charge in [-0.15, -0.1) is 11.3 Å². The van der Waals surface area contributed by atoms with Crippen LogP contribution in [0.1, 0.15) is 59.3 Å². The van der Waals surface area contributed by atoms with Crippen molar-refractivity contribution in [2.45, 2.75) is 45.1 Å². The quantitative estimate of drug-likeness (QED) is 0.806. The van der Waals surface area contributed by atoms with Gasteiger partial charge in [0, 0.05) is 18.0 Å². The number of likely N-dealkylation sites (tertiary alicyclic amines) is 1. The normalized spacial score (nSPS) is 24.7. The maximum Gasteiger partial charge on any atom is 0.367 e. The highest BCUT2D eigenvalue weighted by atomic mass is 32.1. The molecule has 6 heteroatoms. The SMILES string of the molecule is CCOC(=O)c1nc(C(=O)N2CCCC3CCCC32)cs1. The van der Waals surface area contributed by atoms with Crippen molar-refractivity contribution in [2.24, 2.45) is 5.92 Å². The molecule has 2 atom stereocenters. The Morgan fingerprint density at radius 2 is 2.19 bits per heavy atom. The molecule has 1 amide bonds. The largest absolute Gasteiger partial charge is 0.461 e. The second kappa shape index (κ2) is 6.13. The molecule has 0 N–H and O–H groups in total. The number of esters is 1. The van der Waals surface area contributed by atoms with E-state index in [-0.39, 0.29) is 10.9 Å². The number of nitrogens with zero attached hydrogens (tertiary/aromatic N) is 2. The van der Waals surface area contributed by atoms with Gasteiger partial charge in [-0.2, -0.15) is 0 Å². The second-order valence-electron chi connectivity index (χ2n) is 5.66. The lowest BCUT2D eigenvalue weighted by Crippen LogP contribution is -2.46. The van der Waals surface area contributed by atoms with Crippen LogP contribution in [0.25, 0.3) is 0 Å². The highest BCUT2D eigenvalue weighted by Crippen LogP contribution is 2.37. The Bertz CT molecular complexity index is 543. The summed E-state index contributed by atoms with van der Waals surface area (Å²) in [5.74, 6) is 0.184. The van der Waals surface area contributed by atoms with Crippen molar-refractivity contribution in [2.75, 3.05) is 13.2 Å². The Kier molecular flexibility index (Phi) is 4.24. The first-order chi connectivity index (χ1) is 10.2. The summed E-state index contributed by atoms with van der Waals surface area (Å²) in [5, 5.41) is 1.94. The number of fused-ring (bicyclic) bond motifs is 1. The number of thiazole rings is 1. The van der Waals surface area contributed by atoms with Gasteiger partial charge in [-0.1, -0.05) is 6.42 Å². The molecule has 3 rings (SSSR count). The molecule has 0 spiro atoms. The van der Waals surface area contributed by atoms with E-state index in [1.165, 1.54) is 30.6 Å². The Morgan fingerprint density at radius 3 is 3.00 bits per heavy atom. The molecule has 2 unspecified atom stereocenters. The van der Waals surface area contributed by atoms with Crippen LogP contribution in [0.2, 0.25) is 0 Å². The number of carbonyl (C=O) groups is 2. The fourth-order valence-electron chi connectivity index (χ4n) is 3.51. The minimum absolute atomic E-state index is 0.0293. The number of ether oxygens (including phenoxy) is 1. The van der Waals surface area contributed by atoms with E-state index in [2.05, 4.69) is 4.98 Å². The third-order valence-corrected chi connectivity index (χ3v) is 5.25. The zero-order chi connectivity index (χ0) is 14.8. The van der Waals surface area contributed by atoms with Crippen molar-refractivity contribution < 1.29 is 14.3 Å². The topological polar surface area (TPSA) is 59.5 Å². The summed E-state index contributed by atoms with van der Waals surface area (Å²) >= 11 is 1.18. The van der Waals surface area contributed by atoms with Gasteiger partial charge in [0.05, 0.1) is 6.61 Å². The van der Waals surface area contributed by atoms with Crippen LogP contribution >= 0.6 is 11.3 Å². The summed E-state index contributed by atoms with van der Waals surface area (Å²) in [6, 6.07) is 0.374. The van der Waals surface area contributed by atoms with E-state index >= 15 is 0 Å². The minimum atomic E-state index is -0.445. The molecule has 1 saturated heterocycles. The van der Waals surface area contributed by atoms with Crippen molar-refractivity contribution in [1.82, 2.24) is 9.88 Å². The number of hydrogen-bond donors (Lipinski definition) is 0. The summed E-state index contributed by atoms with van der Waals surface area (Å²) in [7, 11) is 0. The first kappa shape index (κ1) is 14.5. The molecule has 1 aliphatic heterocycles. The van der Waals surface area contributed by atoms with Gasteiger partial charge in [-0.25, -0.2) is 9.78 Å². The Morgan fingerprint density at radius 1 is 1.38 bits per heavy atom. The summed E-state index contributed by atoms with van der Waals surface area (Å²) in [6.45, 7) is 2.88. The van der Waals surface area contributed by atoms with Crippen molar-refractivity contribution >= 4 is 23.2 Å². The van der Waals surface area contributed by atoms with E-state index in [0.717, 1.165) is 19.4 Å². The minimum Gasteiger partial charge on any atom is -0.461 e. The van der Waals surface area contributed by atoms with E-state index in [0.29, 0.717) is 24.3 Å². The fraction of sp³-hybridized carbons (Fsp3) is 0.667. The van der Waals surface area contributed by atoms with Crippen LogP contribution < -0.4 is 0 Å². The predicted octanol–water partition coefficient (Wildman–Crippen LogP) is 2.72. The molecular weight excluding hydrogens is 288 g/mol. The van der Waals surface area contributed by atoms with Crippen molar-refractivity contribution in [3.8, 4) is 0 Å². The van der Waals surface area contributed by atoms with Crippen LogP contribution in [-0.2, 0) is 4.74 Å². The third-order valence-electron chi connectivity index (χ3n) is 4.43. The van der Waals surface area contributed by atoms with Gasteiger partial charge in [0.15, 0.2) is 0 Å². The smallest absolute Gasteiger partial charge is 0.367 e. The number of carbonyl (C=O) groups excluding carboxylic acids is 2. The highest BCUT2D eigenvalue weighted by molar-refractivity contribution is 7.11. The maximum atomic E-state index is 12.7. The average molecular weight is 308 g/mol. The summed E-state index contributed by atoms with van der Waals surface area (Å²) in [5.41, 5.74) is 0.385. The molecule has 114 valence electrons. The van der Waals surface area contributed by atoms with Crippen LogP contribution in [-0.4, -0.2) is 41.0 Å². The first-order valence-electron chi connectivity index (χ1n) is 7.64. The lowest BCUT2D eigenvalue weighted by molar-refractivity contribution is 0.0524. The van der Waals surface area contributed by atoms with Gasteiger partial charge in [0.2, 0.25) is 5.01 Å². The van der Waals surface area contributed by atoms with E-state index < -0.39 is 5.97 Å². The van der Waals surface area contributed by atoms with Gasteiger partial charge in [-0.3, -0.25) is 4.79 Å². The highest BCUT2D eigenvalue weighted by Gasteiger charge is 2.38. The van der Waals surface area contributed by atoms with E-state index in [4.69, 9.17) is 4.74 Å². The molecule has 0 bridgehead atoms. The second-order valence-corrected chi connectivity index (χ2v) is 6.52.